The van der Waals surface area contributed by atoms with Crippen molar-refractivity contribution >= 4 is 0 Å². The summed E-state index contributed by atoms with van der Waals surface area (Å²) >= 11 is 0. The number of hydrogen-bond acceptors (Lipinski definition) is 7. The van der Waals surface area contributed by atoms with Gasteiger partial charge in [0.2, 0.25) is 17.6 Å². The number of nitrogens with one attached hydrogen (secondary N) is 1. The average molecular weight is 263 g/mol. The van der Waals surface area contributed by atoms with Crippen LogP contribution < -0.4 is 10.1 Å². The van der Waals surface area contributed by atoms with Crippen LogP contribution in [0.4, 0.5) is 0 Å². The van der Waals surface area contributed by atoms with Crippen LogP contribution in [0.25, 0.3) is 11.5 Å². The van der Waals surface area contributed by atoms with Gasteiger partial charge in [0.05, 0.1) is 12.6 Å². The first kappa shape index (κ1) is 13.4. The van der Waals surface area contributed by atoms with Gasteiger partial charge in [-0.1, -0.05) is 12.1 Å². The van der Waals surface area contributed by atoms with Crippen LogP contribution in [-0.2, 0) is 5.54 Å². The highest BCUT2D eigenvalue weighted by Crippen LogP contribution is 2.22. The number of methoxy groups -OCH3 is 1. The maximum atomic E-state index is 5.29. The molecule has 102 valence electrons. The first-order valence-corrected chi connectivity index (χ1v) is 6.02. The van der Waals surface area contributed by atoms with Crippen molar-refractivity contribution in [3.63, 3.8) is 0 Å². The SMILES string of the molecule is CCNC(C)(C)c1nc(-c2cc(OC)ncn2)no1. The highest BCUT2D eigenvalue weighted by Gasteiger charge is 2.26. The van der Waals surface area contributed by atoms with Crippen molar-refractivity contribution in [2.45, 2.75) is 26.3 Å². The minimum atomic E-state index is -0.378. The summed E-state index contributed by atoms with van der Waals surface area (Å²) in [6, 6.07) is 1.66. The van der Waals surface area contributed by atoms with Crippen LogP contribution in [0, 0.1) is 0 Å². The fourth-order valence-corrected chi connectivity index (χ4v) is 1.67. The molecular formula is C12H17N5O2. The standard InChI is InChI=1S/C12H17N5O2/c1-5-15-12(2,3)11-16-10(17-19-11)8-6-9(18-4)14-7-13-8/h6-7,15H,5H2,1-4H3. The van der Waals surface area contributed by atoms with Crippen LogP contribution in [0.5, 0.6) is 5.88 Å². The van der Waals surface area contributed by atoms with Crippen LogP contribution in [-0.4, -0.2) is 33.8 Å². The van der Waals surface area contributed by atoms with Crippen LogP contribution >= 0.6 is 0 Å². The lowest BCUT2D eigenvalue weighted by molar-refractivity contribution is 0.272. The van der Waals surface area contributed by atoms with Gasteiger partial charge in [0.25, 0.3) is 0 Å². The molecular weight excluding hydrogens is 246 g/mol. The van der Waals surface area contributed by atoms with E-state index in [9.17, 15) is 0 Å². The summed E-state index contributed by atoms with van der Waals surface area (Å²) < 4.78 is 10.3. The van der Waals surface area contributed by atoms with E-state index in [1.807, 2.05) is 20.8 Å². The van der Waals surface area contributed by atoms with E-state index in [0.29, 0.717) is 23.3 Å². The van der Waals surface area contributed by atoms with Gasteiger partial charge in [0, 0.05) is 6.07 Å². The van der Waals surface area contributed by atoms with Gasteiger partial charge >= 0.3 is 0 Å². The third-order valence-electron chi connectivity index (χ3n) is 2.66. The molecule has 19 heavy (non-hydrogen) atoms. The number of aromatic nitrogens is 4. The summed E-state index contributed by atoms with van der Waals surface area (Å²) in [5.74, 6) is 1.39. The summed E-state index contributed by atoms with van der Waals surface area (Å²) in [6.07, 6.45) is 1.40. The molecule has 0 aliphatic heterocycles. The Morgan fingerprint density at radius 3 is 2.84 bits per heavy atom. The molecule has 0 bridgehead atoms. The summed E-state index contributed by atoms with van der Waals surface area (Å²) in [4.78, 5) is 12.4. The Morgan fingerprint density at radius 1 is 1.37 bits per heavy atom. The molecule has 0 fully saturated rings. The Bertz CT molecular complexity index is 553. The second kappa shape index (κ2) is 5.31. The van der Waals surface area contributed by atoms with Crippen molar-refractivity contribution in [1.29, 1.82) is 0 Å². The molecule has 0 aliphatic carbocycles. The van der Waals surface area contributed by atoms with Gasteiger partial charge in [0.1, 0.15) is 12.0 Å². The van der Waals surface area contributed by atoms with Gasteiger partial charge in [-0.2, -0.15) is 4.98 Å². The summed E-state index contributed by atoms with van der Waals surface area (Å²) in [5, 5.41) is 7.21. The van der Waals surface area contributed by atoms with E-state index >= 15 is 0 Å². The van der Waals surface area contributed by atoms with Crippen molar-refractivity contribution < 1.29 is 9.26 Å². The molecule has 2 aromatic heterocycles. The van der Waals surface area contributed by atoms with Crippen LogP contribution in [0.2, 0.25) is 0 Å². The lowest BCUT2D eigenvalue weighted by atomic mass is 10.1. The molecule has 2 heterocycles. The average Bonchev–Trinajstić information content (AvgIpc) is 2.89. The van der Waals surface area contributed by atoms with Crippen molar-refractivity contribution in [2.24, 2.45) is 0 Å². The molecule has 0 amide bonds. The Hall–Kier alpha value is -2.02. The molecule has 1 N–H and O–H groups in total. The monoisotopic (exact) mass is 263 g/mol. The van der Waals surface area contributed by atoms with Crippen molar-refractivity contribution in [1.82, 2.24) is 25.4 Å². The second-order valence-corrected chi connectivity index (χ2v) is 4.52. The van der Waals surface area contributed by atoms with Gasteiger partial charge in [-0.25, -0.2) is 9.97 Å². The first-order valence-electron chi connectivity index (χ1n) is 6.02. The predicted octanol–water partition coefficient (Wildman–Crippen LogP) is 1.38. The molecule has 0 spiro atoms. The number of nitrogens with zero attached hydrogens (tertiary/aromatic N) is 4. The second-order valence-electron chi connectivity index (χ2n) is 4.52. The highest BCUT2D eigenvalue weighted by molar-refractivity contribution is 5.49. The van der Waals surface area contributed by atoms with E-state index in [1.165, 1.54) is 6.33 Å². The van der Waals surface area contributed by atoms with Gasteiger partial charge in [0.15, 0.2) is 0 Å². The van der Waals surface area contributed by atoms with Crippen molar-refractivity contribution in [2.75, 3.05) is 13.7 Å². The fraction of sp³-hybridized carbons (Fsp3) is 0.500. The number of hydrogen-bond donors (Lipinski definition) is 1. The van der Waals surface area contributed by atoms with E-state index in [-0.39, 0.29) is 5.54 Å². The van der Waals surface area contributed by atoms with E-state index in [0.717, 1.165) is 6.54 Å². The van der Waals surface area contributed by atoms with Gasteiger partial charge in [-0.3, -0.25) is 0 Å². The molecule has 0 saturated carbocycles. The van der Waals surface area contributed by atoms with E-state index in [1.54, 1.807) is 13.2 Å². The van der Waals surface area contributed by atoms with Crippen LogP contribution in [0.1, 0.15) is 26.7 Å². The minimum Gasteiger partial charge on any atom is -0.481 e. The molecule has 0 aliphatic rings. The van der Waals surface area contributed by atoms with E-state index in [2.05, 4.69) is 25.4 Å². The molecule has 0 radical (unpaired) electrons. The first-order chi connectivity index (χ1) is 9.06. The quantitative estimate of drug-likeness (QED) is 0.872. The molecule has 0 saturated heterocycles. The third-order valence-corrected chi connectivity index (χ3v) is 2.66. The predicted molar refractivity (Wildman–Crippen MR) is 68.6 cm³/mol. The zero-order chi connectivity index (χ0) is 13.9. The zero-order valence-electron chi connectivity index (χ0n) is 11.5. The normalized spacial score (nSPS) is 11.6. The third kappa shape index (κ3) is 2.87. The lowest BCUT2D eigenvalue weighted by Crippen LogP contribution is -2.36. The summed E-state index contributed by atoms with van der Waals surface area (Å²) in [7, 11) is 1.54. The van der Waals surface area contributed by atoms with Gasteiger partial charge in [-0.15, -0.1) is 0 Å². The maximum absolute atomic E-state index is 5.29. The number of ether oxygens (including phenoxy) is 1. The molecule has 7 nitrogen and oxygen atoms in total. The Morgan fingerprint density at radius 2 is 2.16 bits per heavy atom. The molecule has 0 unspecified atom stereocenters. The Labute approximate surface area is 111 Å². The van der Waals surface area contributed by atoms with Crippen LogP contribution in [0.3, 0.4) is 0 Å². The maximum Gasteiger partial charge on any atom is 0.246 e. The lowest BCUT2D eigenvalue weighted by Gasteiger charge is -2.20. The number of rotatable bonds is 5. The molecule has 7 heteroatoms. The summed E-state index contributed by atoms with van der Waals surface area (Å²) in [5.41, 5.74) is 0.186. The Kier molecular flexibility index (Phi) is 3.75. The van der Waals surface area contributed by atoms with E-state index < -0.39 is 0 Å². The Balaban J connectivity index is 2.30. The van der Waals surface area contributed by atoms with Crippen molar-refractivity contribution in [3.8, 4) is 17.4 Å². The van der Waals surface area contributed by atoms with E-state index in [4.69, 9.17) is 9.26 Å². The van der Waals surface area contributed by atoms with Gasteiger partial charge in [-0.05, 0) is 20.4 Å². The van der Waals surface area contributed by atoms with Gasteiger partial charge < -0.3 is 14.6 Å². The highest BCUT2D eigenvalue weighted by atomic mass is 16.5. The molecule has 0 atom stereocenters. The van der Waals surface area contributed by atoms with Crippen molar-refractivity contribution in [3.05, 3.63) is 18.3 Å². The van der Waals surface area contributed by atoms with Crippen LogP contribution in [0.15, 0.2) is 16.9 Å². The smallest absolute Gasteiger partial charge is 0.246 e. The molecule has 2 rings (SSSR count). The fourth-order valence-electron chi connectivity index (χ4n) is 1.67. The molecule has 2 aromatic rings. The largest absolute Gasteiger partial charge is 0.481 e. The molecule has 0 aromatic carbocycles. The summed E-state index contributed by atoms with van der Waals surface area (Å²) in [6.45, 7) is 6.79. The zero-order valence-corrected chi connectivity index (χ0v) is 11.5. The topological polar surface area (TPSA) is 86.0 Å². The minimum absolute atomic E-state index is 0.378.